The molecule has 0 spiro atoms. The summed E-state index contributed by atoms with van der Waals surface area (Å²) in [6, 6.07) is 16.3. The molecule has 1 fully saturated rings. The lowest BCUT2D eigenvalue weighted by Crippen LogP contribution is -2.53. The number of Topliss-reactive ketones (excluding diaryl/α,β-unsaturated/α-hetero) is 1. The predicted octanol–water partition coefficient (Wildman–Crippen LogP) is 8.26. The zero-order chi connectivity index (χ0) is 29.5. The number of hydrogen-bond donors (Lipinski definition) is 1. The van der Waals surface area contributed by atoms with Gasteiger partial charge in [-0.3, -0.25) is 14.5 Å². The number of unbranched alkanes of at least 4 members (excludes halogenated alkanes) is 1. The highest BCUT2D eigenvalue weighted by Gasteiger charge is 2.26. The summed E-state index contributed by atoms with van der Waals surface area (Å²) < 4.78 is 27.0. The van der Waals surface area contributed by atoms with Crippen molar-refractivity contribution in [3.8, 4) is 0 Å². The zero-order valence-electron chi connectivity index (χ0n) is 24.1. The summed E-state index contributed by atoms with van der Waals surface area (Å²) in [6.07, 6.45) is 2.85. The number of hydrogen-bond acceptors (Lipinski definition) is 4. The van der Waals surface area contributed by atoms with Gasteiger partial charge in [-0.1, -0.05) is 53.9 Å². The topological polar surface area (TPSA) is 52.7 Å². The van der Waals surface area contributed by atoms with Gasteiger partial charge in [0.1, 0.15) is 11.6 Å². The molecular formula is C32H37Cl4F2N3O2. The Morgan fingerprint density at radius 2 is 1.44 bits per heavy atom. The summed E-state index contributed by atoms with van der Waals surface area (Å²) in [5.74, 6) is -0.830. The molecule has 1 heterocycles. The molecule has 5 nitrogen and oxygen atoms in total. The Morgan fingerprint density at radius 3 is 1.93 bits per heavy atom. The lowest BCUT2D eigenvalue weighted by atomic mass is 9.87. The number of nitrogens with zero attached hydrogens (tertiary/aromatic N) is 2. The number of halogens is 6. The van der Waals surface area contributed by atoms with Gasteiger partial charge in [-0.05, 0) is 80.8 Å². The highest BCUT2D eigenvalue weighted by atomic mass is 35.5. The number of carbonyl (C=O) groups is 2. The molecule has 3 aromatic rings. The summed E-state index contributed by atoms with van der Waals surface area (Å²) in [5.41, 5.74) is 2.75. The fraction of sp³-hybridized carbons (Fsp3) is 0.375. The molecule has 234 valence electrons. The maximum atomic E-state index is 13.5. The van der Waals surface area contributed by atoms with Gasteiger partial charge >= 0.3 is 0 Å². The van der Waals surface area contributed by atoms with Crippen molar-refractivity contribution in [2.45, 2.75) is 45.1 Å². The monoisotopic (exact) mass is 673 g/mol. The molecule has 0 saturated carbocycles. The van der Waals surface area contributed by atoms with E-state index < -0.39 is 0 Å². The van der Waals surface area contributed by atoms with Crippen LogP contribution in [0.3, 0.4) is 0 Å². The van der Waals surface area contributed by atoms with Gasteiger partial charge in [0.2, 0.25) is 5.91 Å². The van der Waals surface area contributed by atoms with Crippen molar-refractivity contribution >= 4 is 65.4 Å². The fourth-order valence-corrected chi connectivity index (χ4v) is 5.95. The third-order valence-corrected chi connectivity index (χ3v) is 8.27. The van der Waals surface area contributed by atoms with Crippen LogP contribution in [0.4, 0.5) is 14.5 Å². The van der Waals surface area contributed by atoms with Gasteiger partial charge in [0.25, 0.3) is 0 Å². The molecule has 0 radical (unpaired) electrons. The van der Waals surface area contributed by atoms with Crippen LogP contribution in [0.5, 0.6) is 0 Å². The molecule has 1 unspecified atom stereocenters. The van der Waals surface area contributed by atoms with Crippen LogP contribution < -0.4 is 5.32 Å². The van der Waals surface area contributed by atoms with E-state index >= 15 is 0 Å². The lowest BCUT2D eigenvalue weighted by molar-refractivity contribution is -0.118. The van der Waals surface area contributed by atoms with Crippen molar-refractivity contribution in [1.29, 1.82) is 0 Å². The highest BCUT2D eigenvalue weighted by Crippen LogP contribution is 2.33. The van der Waals surface area contributed by atoms with Gasteiger partial charge in [-0.25, -0.2) is 8.78 Å². The average Bonchev–Trinajstić information content (AvgIpc) is 2.93. The van der Waals surface area contributed by atoms with E-state index in [0.29, 0.717) is 11.3 Å². The second-order valence-corrected chi connectivity index (χ2v) is 11.5. The average molecular weight is 675 g/mol. The molecule has 1 aliphatic rings. The van der Waals surface area contributed by atoms with E-state index in [0.717, 1.165) is 56.6 Å². The molecule has 11 heteroatoms. The lowest BCUT2D eigenvalue weighted by Gasteiger charge is -2.39. The first-order valence-corrected chi connectivity index (χ1v) is 14.6. The van der Waals surface area contributed by atoms with Gasteiger partial charge < -0.3 is 10.2 Å². The SMILES string of the molecule is CC(=O)c1cc(Cl)c(NC(=O)CN2CCN(CCCCC(c3ccc(F)cc3)c3ccc(F)cc3)CC2C)c(Cl)c1.Cl.Cl. The predicted molar refractivity (Wildman–Crippen MR) is 176 cm³/mol. The summed E-state index contributed by atoms with van der Waals surface area (Å²) in [7, 11) is 0. The minimum Gasteiger partial charge on any atom is -0.322 e. The number of benzene rings is 3. The smallest absolute Gasteiger partial charge is 0.238 e. The molecule has 1 N–H and O–H groups in total. The zero-order valence-corrected chi connectivity index (χ0v) is 27.3. The fourth-order valence-electron chi connectivity index (χ4n) is 5.37. The van der Waals surface area contributed by atoms with E-state index in [2.05, 4.69) is 22.0 Å². The number of anilines is 1. The molecule has 1 atom stereocenters. The number of nitrogens with one attached hydrogen (secondary N) is 1. The molecule has 3 aromatic carbocycles. The van der Waals surface area contributed by atoms with Crippen LogP contribution in [0.1, 0.15) is 60.5 Å². The minimum absolute atomic E-state index is 0. The third-order valence-electron chi connectivity index (χ3n) is 7.67. The van der Waals surface area contributed by atoms with Gasteiger partial charge in [-0.2, -0.15) is 0 Å². The first kappa shape index (κ1) is 36.9. The summed E-state index contributed by atoms with van der Waals surface area (Å²) >= 11 is 12.5. The van der Waals surface area contributed by atoms with E-state index in [1.807, 2.05) is 24.3 Å². The number of piperazine rings is 1. The Labute approximate surface area is 274 Å². The van der Waals surface area contributed by atoms with Gasteiger partial charge in [0, 0.05) is 37.2 Å². The van der Waals surface area contributed by atoms with Crippen molar-refractivity contribution in [2.24, 2.45) is 0 Å². The minimum atomic E-state index is -0.270. The highest BCUT2D eigenvalue weighted by molar-refractivity contribution is 6.40. The van der Waals surface area contributed by atoms with Gasteiger partial charge in [-0.15, -0.1) is 24.8 Å². The molecule has 0 aromatic heterocycles. The number of carbonyl (C=O) groups excluding carboxylic acids is 2. The van der Waals surface area contributed by atoms with Crippen molar-refractivity contribution in [1.82, 2.24) is 9.80 Å². The van der Waals surface area contributed by atoms with E-state index in [1.165, 1.54) is 43.3 Å². The quantitative estimate of drug-likeness (QED) is 0.164. The Kier molecular flexibility index (Phi) is 14.8. The van der Waals surface area contributed by atoms with Crippen molar-refractivity contribution in [2.75, 3.05) is 38.0 Å². The normalized spacial score (nSPS) is 15.5. The maximum Gasteiger partial charge on any atom is 0.238 e. The Hall–Kier alpha value is -2.26. The van der Waals surface area contributed by atoms with Gasteiger partial charge in [0.15, 0.2) is 5.78 Å². The van der Waals surface area contributed by atoms with E-state index in [9.17, 15) is 18.4 Å². The van der Waals surface area contributed by atoms with E-state index in [1.54, 1.807) is 0 Å². The molecule has 0 bridgehead atoms. The number of amides is 1. The first-order valence-electron chi connectivity index (χ1n) is 13.9. The third kappa shape index (κ3) is 10.4. The van der Waals surface area contributed by atoms with E-state index in [4.69, 9.17) is 23.2 Å². The van der Waals surface area contributed by atoms with Crippen LogP contribution in [0.2, 0.25) is 10.0 Å². The standard InChI is InChI=1S/C32H35Cl2F2N3O2.2ClH/c1-21-19-38(15-16-39(21)20-31(41)37-32-29(33)17-25(22(2)40)18-30(32)34)14-4-3-5-28(23-6-10-26(35)11-7-23)24-8-12-27(36)13-9-24;;/h6-13,17-18,21,28H,3-5,14-16,19-20H2,1-2H3,(H,37,41);2*1H. The van der Waals surface area contributed by atoms with Gasteiger partial charge in [0.05, 0.1) is 22.3 Å². The summed E-state index contributed by atoms with van der Waals surface area (Å²) in [6.45, 7) is 7.16. The van der Waals surface area contributed by atoms with Crippen molar-refractivity contribution in [3.05, 3.63) is 99.0 Å². The van der Waals surface area contributed by atoms with Crippen LogP contribution in [-0.4, -0.2) is 60.3 Å². The largest absolute Gasteiger partial charge is 0.322 e. The number of ketones is 1. The molecule has 43 heavy (non-hydrogen) atoms. The Bertz CT molecular complexity index is 1290. The van der Waals surface area contributed by atoms with Crippen LogP contribution >= 0.6 is 48.0 Å². The first-order chi connectivity index (χ1) is 19.6. The van der Waals surface area contributed by atoms with Crippen LogP contribution in [0.25, 0.3) is 0 Å². The summed E-state index contributed by atoms with van der Waals surface area (Å²) in [4.78, 5) is 29.0. The van der Waals surface area contributed by atoms with Crippen molar-refractivity contribution < 1.29 is 18.4 Å². The van der Waals surface area contributed by atoms with Crippen LogP contribution in [0.15, 0.2) is 60.7 Å². The van der Waals surface area contributed by atoms with E-state index in [-0.39, 0.29) is 76.7 Å². The Balaban J connectivity index is 0.00000323. The second-order valence-electron chi connectivity index (χ2n) is 10.7. The number of rotatable bonds is 11. The second kappa shape index (κ2) is 17.3. The Morgan fingerprint density at radius 1 is 0.907 bits per heavy atom. The summed E-state index contributed by atoms with van der Waals surface area (Å²) in [5, 5.41) is 3.26. The van der Waals surface area contributed by atoms with Crippen LogP contribution in [-0.2, 0) is 4.79 Å². The molecule has 1 saturated heterocycles. The molecular weight excluding hydrogens is 638 g/mol. The van der Waals surface area contributed by atoms with Crippen LogP contribution in [0, 0.1) is 11.6 Å². The molecule has 1 aliphatic heterocycles. The molecule has 1 amide bonds. The molecule has 0 aliphatic carbocycles. The maximum absolute atomic E-state index is 13.5. The molecule has 4 rings (SSSR count). The van der Waals surface area contributed by atoms with Crippen molar-refractivity contribution in [3.63, 3.8) is 0 Å².